The van der Waals surface area contributed by atoms with Crippen molar-refractivity contribution in [3.8, 4) is 11.1 Å². The van der Waals surface area contributed by atoms with Crippen LogP contribution >= 0.6 is 64.7 Å². The number of thioether (sulfide) groups is 2. The monoisotopic (exact) mass is 2160 g/mol. The minimum absolute atomic E-state index is 0.00130. The number of carbonyl (C=O) groups excluding carboxylic acids is 7. The molecule has 7 saturated heterocycles. The average molecular weight is 2170 g/mol. The number of aliphatic hydroxyl groups excluding tert-OH is 25. The highest BCUT2D eigenvalue weighted by Crippen LogP contribution is 2.45. The topological polar surface area (TPSA) is 802 Å². The van der Waals surface area contributed by atoms with Gasteiger partial charge in [-0.05, 0) is 55.0 Å². The maximum absolute atomic E-state index is 12.4. The molecule has 141 heavy (non-hydrogen) atoms. The number of hydrogen-bond donors (Lipinski definition) is 34. The van der Waals surface area contributed by atoms with Crippen LogP contribution in [0.15, 0.2) is 60.2 Å². The first-order valence-electron chi connectivity index (χ1n) is 45.5. The maximum Gasteiger partial charge on any atom is 0.409 e. The fourth-order valence-electron chi connectivity index (χ4n) is 16.5. The van der Waals surface area contributed by atoms with Crippen LogP contribution < -0.4 is 37.2 Å². The normalized spacial score (nSPS) is 37.0. The zero-order chi connectivity index (χ0) is 105. The van der Waals surface area contributed by atoms with E-state index < -0.39 is 307 Å². The Morgan fingerprint density at radius 2 is 0.787 bits per heavy atom. The number of alkyl carbamates (subject to hydrolysis) is 1. The number of fused-ring (bicyclic) bond motifs is 3. The fourth-order valence-corrected chi connectivity index (χ4v) is 18.4. The summed E-state index contributed by atoms with van der Waals surface area (Å²) in [6.45, 7) is 9.34. The fraction of sp³-hybridized carbons (Fsp3) is 0.759. The molecule has 0 radical (unpaired) electrons. The zero-order valence-corrected chi connectivity index (χ0v) is 83.6. The van der Waals surface area contributed by atoms with Crippen LogP contribution in [0.1, 0.15) is 78.9 Å². The summed E-state index contributed by atoms with van der Waals surface area (Å²) in [5, 5.41) is 264. The van der Waals surface area contributed by atoms with Crippen LogP contribution in [0.5, 0.6) is 0 Å². The number of hydrogen-bond acceptors (Lipinski definition) is 46. The average Bonchev–Trinajstić information content (AvgIpc) is 1.61. The molecule has 2 aromatic carbocycles. The van der Waals surface area contributed by atoms with E-state index in [1.807, 2.05) is 36.4 Å². The molecule has 0 aromatic heterocycles. The molecule has 54 heteroatoms. The molecule has 0 saturated carbocycles. The van der Waals surface area contributed by atoms with Crippen LogP contribution in [0, 0.1) is 41.4 Å². The van der Waals surface area contributed by atoms with E-state index in [0.29, 0.717) is 10.2 Å². The number of alkyl halides is 1. The van der Waals surface area contributed by atoms with Crippen molar-refractivity contribution >= 4 is 106 Å². The van der Waals surface area contributed by atoms with E-state index >= 15 is 0 Å². The van der Waals surface area contributed by atoms with Crippen LogP contribution in [0.2, 0.25) is 0 Å². The zero-order valence-electron chi connectivity index (χ0n) is 78.6. The molecule has 9 aliphatic rings. The van der Waals surface area contributed by atoms with E-state index in [4.69, 9.17) is 67.8 Å². The highest BCUT2D eigenvalue weighted by Gasteiger charge is 2.54. The largest absolute Gasteiger partial charge is 0.448 e. The highest BCUT2D eigenvalue weighted by molar-refractivity contribution is 9.09. The second-order valence-corrected chi connectivity index (χ2v) is 39.3. The lowest BCUT2D eigenvalue weighted by molar-refractivity contribution is -0.357. The molecule has 11 rings (SSSR count). The summed E-state index contributed by atoms with van der Waals surface area (Å²) in [7, 11) is 0. The Kier molecular flexibility index (Phi) is 53.9. The molecule has 49 nitrogen and oxygen atoms in total. The van der Waals surface area contributed by atoms with Gasteiger partial charge in [-0.3, -0.25) is 34.1 Å². The van der Waals surface area contributed by atoms with Gasteiger partial charge >= 0.3 is 6.09 Å². The van der Waals surface area contributed by atoms with Gasteiger partial charge in [0.25, 0.3) is 0 Å². The standard InChI is InChI=1S/C23H40N4O12S2.C23H40O13.C22H25NO6.C11H19BrN2O6.C7H14O5.CH4S2/c1-10-12(5-28)38-22(20(36)18(10)34)26-14(30)3-24-16(32)7-40-9-41-8-17(33)25-4-15(31)27-23-21(37)19(35)11(2)13(6-29)39-23;1-8(2)33-22-20(32)18(30)21(13(7-25)35-22)36-23-19(31)16(28)12(9(3)34-23)5-10-4-11(6-24)15(27)17(29)14(10)26;1-12-18(10-24)29-21(20(26)19(12)25)23-22(27)28-11-17-15-8-4-2-6-13(15)14-7-3-5-9-16(14)17;1-5-6(4-15)20-11(10(19)9(5)18)14-8(17)3-13-7(16)2-12;1-3-4(2-8)12-7(11)6(10)5(3)9;2-1-3/h10-13,18-23,28-29,34-37H,3-9H2,1-2H3,(H,24,32)(H,25,33)(H,26,30)(H,27,31);4,8-10,12-32H,5-7H2,1-3H3;2-9,12,17-21,24-26H,10-11H2,1H3,(H,23,27);5-6,9-11,15,18-19H,2-4H2,1H3,(H,13,16)(H,14,17);3-11H,2H2,1H3;2-3H,1H2/t10-,11-,12?,13?,18+,19+,20?,21?,22+,23+;9?,10?,12-,13?,14+,15-,16+,17-,18-,19?,20?,21-,22+,23-;12-,18?,19+,20?,21+;5-,6?,9+,10?,11+;3-,4?,5+,6?,7+;/m11111./s1. The van der Waals surface area contributed by atoms with E-state index in [9.17, 15) is 141 Å². The summed E-state index contributed by atoms with van der Waals surface area (Å²) in [5.74, 6) is -7.11. The van der Waals surface area contributed by atoms with E-state index in [0.717, 1.165) is 22.3 Å². The van der Waals surface area contributed by atoms with E-state index in [1.54, 1.807) is 55.4 Å². The molecule has 2 aliphatic carbocycles. The van der Waals surface area contributed by atoms with Crippen molar-refractivity contribution in [3.05, 3.63) is 71.3 Å². The molecule has 0 bridgehead atoms. The molecular weight excluding hydrogens is 2020 g/mol. The summed E-state index contributed by atoms with van der Waals surface area (Å²) in [6.07, 6.45) is -38.0. The van der Waals surface area contributed by atoms with Crippen LogP contribution in [0.25, 0.3) is 11.1 Å². The number of thiol groups is 2. The molecule has 7 fully saturated rings. The lowest BCUT2D eigenvalue weighted by Gasteiger charge is -2.47. The molecule has 7 aliphatic heterocycles. The molecule has 32 N–H and O–H groups in total. The third-order valence-corrected chi connectivity index (χ3v) is 28.0. The first kappa shape index (κ1) is 124. The molecular formula is C87H142BrN7O42S4. The number of rotatable bonds is 32. The molecule has 808 valence electrons. The maximum atomic E-state index is 12.4. The van der Waals surface area contributed by atoms with Gasteiger partial charge in [0, 0.05) is 57.5 Å². The Bertz CT molecular complexity index is 4030. The van der Waals surface area contributed by atoms with Crippen molar-refractivity contribution in [1.82, 2.24) is 37.2 Å². The SMILES string of the molecule is CC(C)O[C@H]1OC(CO)[C@@H](O[C@H]2OC(C)[C@@H](CC3C=C(CO)[C@@H](O)[C@H](O)[C@H]3O)[C@H](O)C2O)[C@H](O)C1O.C[C@@H]1C(CO)O[C@H](NC(=O)CNC(=O)CBr)C(O)[C@H]1O.C[C@@H]1C(CO)O[C@H](NC(=O)CNC(=O)CSCSCC(=O)NCC(=O)N[C@H]2OC(CO)[C@@H](C)[C@H](O)C2O)C(O)[C@H]1O.C[C@@H]1C(CO)O[C@H](NC(=O)OCC2c3ccccc3-c3ccccc32)C(O)[C@H]1O.C[C@@H]1C(CO)O[C@H](O)C(O)[C@H]1O.SCS. The van der Waals surface area contributed by atoms with Crippen molar-refractivity contribution in [1.29, 1.82) is 0 Å². The minimum atomic E-state index is -1.61. The van der Waals surface area contributed by atoms with Gasteiger partial charge in [0.2, 0.25) is 35.4 Å². The Morgan fingerprint density at radius 3 is 1.17 bits per heavy atom. The van der Waals surface area contributed by atoms with E-state index in [1.165, 1.54) is 29.6 Å². The third-order valence-electron chi connectivity index (χ3n) is 25.2. The Balaban J connectivity index is 0.000000280. The van der Waals surface area contributed by atoms with Gasteiger partial charge in [-0.2, -0.15) is 25.3 Å². The number of benzene rings is 2. The molecule has 7 amide bonds. The van der Waals surface area contributed by atoms with Crippen LogP contribution in [0.3, 0.4) is 0 Å². The van der Waals surface area contributed by atoms with Crippen molar-refractivity contribution in [2.75, 3.05) is 99.5 Å². The molecule has 2 aromatic rings. The van der Waals surface area contributed by atoms with E-state index in [2.05, 4.69) is 90.5 Å². The van der Waals surface area contributed by atoms with Gasteiger partial charge < -0.3 is 207 Å². The van der Waals surface area contributed by atoms with Gasteiger partial charge in [-0.1, -0.05) is 105 Å². The van der Waals surface area contributed by atoms with Crippen molar-refractivity contribution in [2.24, 2.45) is 41.4 Å². The van der Waals surface area contributed by atoms with Crippen LogP contribution in [-0.2, 0) is 76.1 Å². The predicted molar refractivity (Wildman–Crippen MR) is 505 cm³/mol. The number of aliphatic hydroxyl groups is 25. The number of nitrogens with one attached hydrogen (secondary N) is 7. The number of ether oxygens (including phenoxy) is 10. The summed E-state index contributed by atoms with van der Waals surface area (Å²) in [4.78, 5) is 83.1. The first-order valence-corrected chi connectivity index (χ1v) is 50.2. The minimum Gasteiger partial charge on any atom is -0.448 e. The van der Waals surface area contributed by atoms with Gasteiger partial charge in [0.05, 0.1) is 168 Å². The van der Waals surface area contributed by atoms with Gasteiger partial charge in [-0.25, -0.2) is 4.79 Å². The summed E-state index contributed by atoms with van der Waals surface area (Å²) in [6, 6.07) is 16.0. The molecule has 7 heterocycles. The third kappa shape index (κ3) is 34.9. The highest BCUT2D eigenvalue weighted by atomic mass is 79.9. The summed E-state index contributed by atoms with van der Waals surface area (Å²) in [5.41, 5.74) is 4.59. The van der Waals surface area contributed by atoms with Gasteiger partial charge in [0.15, 0.2) is 43.8 Å². The Morgan fingerprint density at radius 1 is 0.418 bits per heavy atom. The first-order chi connectivity index (χ1) is 66.7. The Hall–Kier alpha value is -5.21. The smallest absolute Gasteiger partial charge is 0.409 e. The van der Waals surface area contributed by atoms with Gasteiger partial charge in [0.1, 0.15) is 79.9 Å². The quantitative estimate of drug-likeness (QED) is 0.0106. The second-order valence-electron chi connectivity index (χ2n) is 35.2. The summed E-state index contributed by atoms with van der Waals surface area (Å²) >= 11 is 12.6. The lowest BCUT2D eigenvalue weighted by atomic mass is 9.75. The predicted octanol–water partition coefficient (Wildman–Crippen LogP) is -10.5. The van der Waals surface area contributed by atoms with Crippen molar-refractivity contribution < 1.29 is 209 Å². The number of halogens is 1. The van der Waals surface area contributed by atoms with Crippen molar-refractivity contribution in [2.45, 2.75) is 270 Å². The number of amides is 7. The van der Waals surface area contributed by atoms with Gasteiger partial charge in [-0.15, -0.1) is 23.5 Å². The van der Waals surface area contributed by atoms with Crippen molar-refractivity contribution in [3.63, 3.8) is 0 Å². The second kappa shape index (κ2) is 61.1. The van der Waals surface area contributed by atoms with E-state index in [-0.39, 0.29) is 85.6 Å². The van der Waals surface area contributed by atoms with Crippen LogP contribution in [-0.4, -0.2) is 471 Å². The van der Waals surface area contributed by atoms with Crippen LogP contribution in [0.4, 0.5) is 4.79 Å². The summed E-state index contributed by atoms with van der Waals surface area (Å²) < 4.78 is 54.3. The lowest BCUT2D eigenvalue weighted by Crippen LogP contribution is -2.63. The molecule has 15 unspecified atom stereocenters. The Labute approximate surface area is 841 Å². The number of carbonyl (C=O) groups is 7. The molecule has 0 spiro atoms. The molecule has 39 atom stereocenters.